The third kappa shape index (κ3) is 4.86. The monoisotopic (exact) mass is 443 g/mol. The van der Waals surface area contributed by atoms with E-state index in [1.165, 1.54) is 14.7 Å². The Balaban J connectivity index is 1.92. The Morgan fingerprint density at radius 2 is 1.60 bits per heavy atom. The molecule has 0 fully saturated rings. The largest absolute Gasteiger partial charge is 0.307 e. The van der Waals surface area contributed by atoms with Gasteiger partial charge in [-0.15, -0.1) is 0 Å². The fraction of sp³-hybridized carbons (Fsp3) is 0.294. The minimum atomic E-state index is 0.373. The molecule has 0 aromatic heterocycles. The molecule has 0 saturated heterocycles. The number of hydrogen-bond donors (Lipinski definition) is 1. The molecule has 0 radical (unpaired) electrons. The van der Waals surface area contributed by atoms with Crippen LogP contribution in [0.2, 0.25) is 0 Å². The number of hydrogen-bond acceptors (Lipinski definition) is 1. The smallest absolute Gasteiger partial charge is 0.0294 e. The lowest BCUT2D eigenvalue weighted by atomic mass is 10.0. The van der Waals surface area contributed by atoms with Gasteiger partial charge >= 0.3 is 0 Å². The second kappa shape index (κ2) is 7.57. The fourth-order valence-electron chi connectivity index (χ4n) is 2.31. The third-order valence-corrected chi connectivity index (χ3v) is 4.61. The molecular weight excluding hydrogens is 425 g/mol. The molecule has 0 aliphatic rings. The topological polar surface area (TPSA) is 12.0 Å². The highest BCUT2D eigenvalue weighted by Crippen LogP contribution is 2.17. The van der Waals surface area contributed by atoms with Crippen LogP contribution in [-0.2, 0) is 6.42 Å². The lowest BCUT2D eigenvalue weighted by molar-refractivity contribution is 0.477. The fourth-order valence-corrected chi connectivity index (χ4v) is 2.93. The summed E-state index contributed by atoms with van der Waals surface area (Å²) < 4.78 is 2.41. The van der Waals surface area contributed by atoms with E-state index >= 15 is 0 Å². The average Bonchev–Trinajstić information content (AvgIpc) is 2.42. The Hall–Kier alpha value is -0.390. The lowest BCUT2D eigenvalue weighted by Gasteiger charge is -2.20. The minimum absolute atomic E-state index is 0.373. The van der Waals surface area contributed by atoms with Crippen molar-refractivity contribution in [2.45, 2.75) is 32.4 Å². The molecule has 1 N–H and O–H groups in total. The van der Waals surface area contributed by atoms with E-state index in [0.29, 0.717) is 12.1 Å². The zero-order valence-electron chi connectivity index (χ0n) is 11.7. The maximum Gasteiger partial charge on any atom is 0.0294 e. The SMILES string of the molecule is CC(Cc1ccc(Br)cc1)NC(C)c1ccc(I)cc1. The van der Waals surface area contributed by atoms with Crippen LogP contribution in [0.25, 0.3) is 0 Å². The Morgan fingerprint density at radius 1 is 1.00 bits per heavy atom. The van der Waals surface area contributed by atoms with Gasteiger partial charge in [0.1, 0.15) is 0 Å². The van der Waals surface area contributed by atoms with Gasteiger partial charge in [-0.25, -0.2) is 0 Å². The summed E-state index contributed by atoms with van der Waals surface area (Å²) in [6.07, 6.45) is 1.04. The molecule has 2 aromatic rings. The van der Waals surface area contributed by atoms with E-state index < -0.39 is 0 Å². The molecule has 106 valence electrons. The number of nitrogens with one attached hydrogen (secondary N) is 1. The van der Waals surface area contributed by atoms with Crippen molar-refractivity contribution in [3.63, 3.8) is 0 Å². The molecule has 2 atom stereocenters. The van der Waals surface area contributed by atoms with Gasteiger partial charge in [-0.1, -0.05) is 40.2 Å². The van der Waals surface area contributed by atoms with Crippen molar-refractivity contribution in [3.05, 3.63) is 67.7 Å². The molecule has 0 saturated carbocycles. The second-order valence-electron chi connectivity index (χ2n) is 5.17. The summed E-state index contributed by atoms with van der Waals surface area (Å²) in [6.45, 7) is 4.46. The maximum atomic E-state index is 3.66. The standard InChI is InChI=1S/C17H19BrIN/c1-12(11-14-3-7-16(18)8-4-14)20-13(2)15-5-9-17(19)10-6-15/h3-10,12-13,20H,11H2,1-2H3. The van der Waals surface area contributed by atoms with Crippen molar-refractivity contribution in [1.82, 2.24) is 5.32 Å². The lowest BCUT2D eigenvalue weighted by Crippen LogP contribution is -2.30. The van der Waals surface area contributed by atoms with Crippen molar-refractivity contribution in [1.29, 1.82) is 0 Å². The first-order valence-electron chi connectivity index (χ1n) is 6.80. The van der Waals surface area contributed by atoms with E-state index in [9.17, 15) is 0 Å². The first-order chi connectivity index (χ1) is 9.54. The van der Waals surface area contributed by atoms with Gasteiger partial charge in [-0.3, -0.25) is 0 Å². The Kier molecular flexibility index (Phi) is 6.05. The van der Waals surface area contributed by atoms with Crippen molar-refractivity contribution in [3.8, 4) is 0 Å². The van der Waals surface area contributed by atoms with Gasteiger partial charge in [0.25, 0.3) is 0 Å². The summed E-state index contributed by atoms with van der Waals surface area (Å²) >= 11 is 5.81. The van der Waals surface area contributed by atoms with E-state index in [2.05, 4.69) is 106 Å². The summed E-state index contributed by atoms with van der Waals surface area (Å²) in [6, 6.07) is 18.1. The number of benzene rings is 2. The minimum Gasteiger partial charge on any atom is -0.307 e. The van der Waals surface area contributed by atoms with Crippen LogP contribution in [0, 0.1) is 3.57 Å². The van der Waals surface area contributed by atoms with E-state index in [4.69, 9.17) is 0 Å². The van der Waals surface area contributed by atoms with Gasteiger partial charge in [0, 0.05) is 20.1 Å². The van der Waals surface area contributed by atoms with E-state index in [1.807, 2.05) is 0 Å². The van der Waals surface area contributed by atoms with E-state index in [-0.39, 0.29) is 0 Å². The highest BCUT2D eigenvalue weighted by Gasteiger charge is 2.10. The zero-order chi connectivity index (χ0) is 14.5. The van der Waals surface area contributed by atoms with Crippen LogP contribution in [-0.4, -0.2) is 6.04 Å². The van der Waals surface area contributed by atoms with Crippen LogP contribution >= 0.6 is 38.5 Å². The first-order valence-corrected chi connectivity index (χ1v) is 8.67. The summed E-state index contributed by atoms with van der Waals surface area (Å²) in [7, 11) is 0. The number of rotatable bonds is 5. The molecule has 0 bridgehead atoms. The molecule has 2 aromatic carbocycles. The predicted octanol–water partition coefficient (Wildman–Crippen LogP) is 5.34. The van der Waals surface area contributed by atoms with Crippen LogP contribution in [0.5, 0.6) is 0 Å². The molecule has 2 unspecified atom stereocenters. The second-order valence-corrected chi connectivity index (χ2v) is 7.33. The van der Waals surface area contributed by atoms with Gasteiger partial charge in [-0.05, 0) is 78.3 Å². The molecule has 0 aliphatic carbocycles. The van der Waals surface area contributed by atoms with E-state index in [0.717, 1.165) is 10.9 Å². The molecule has 20 heavy (non-hydrogen) atoms. The third-order valence-electron chi connectivity index (χ3n) is 3.36. The van der Waals surface area contributed by atoms with Crippen molar-refractivity contribution in [2.75, 3.05) is 0 Å². The summed E-state index contributed by atoms with van der Waals surface area (Å²) in [5.41, 5.74) is 2.70. The Labute approximate surface area is 143 Å². The van der Waals surface area contributed by atoms with Crippen molar-refractivity contribution in [2.24, 2.45) is 0 Å². The molecule has 0 aliphatic heterocycles. The Morgan fingerprint density at radius 3 is 2.20 bits per heavy atom. The highest BCUT2D eigenvalue weighted by molar-refractivity contribution is 14.1. The van der Waals surface area contributed by atoms with Crippen LogP contribution in [0.15, 0.2) is 53.0 Å². The zero-order valence-corrected chi connectivity index (χ0v) is 15.5. The van der Waals surface area contributed by atoms with Gasteiger partial charge < -0.3 is 5.32 Å². The first kappa shape index (κ1) is 16.0. The van der Waals surface area contributed by atoms with Crippen LogP contribution in [0.4, 0.5) is 0 Å². The molecular formula is C17H19BrIN. The molecule has 2 rings (SSSR count). The van der Waals surface area contributed by atoms with Gasteiger partial charge in [-0.2, -0.15) is 0 Å². The predicted molar refractivity (Wildman–Crippen MR) is 98.0 cm³/mol. The quantitative estimate of drug-likeness (QED) is 0.615. The molecule has 0 heterocycles. The molecule has 1 nitrogen and oxygen atoms in total. The maximum absolute atomic E-state index is 3.66. The van der Waals surface area contributed by atoms with Gasteiger partial charge in [0.15, 0.2) is 0 Å². The molecule has 0 spiro atoms. The average molecular weight is 444 g/mol. The molecule has 3 heteroatoms. The van der Waals surface area contributed by atoms with Crippen molar-refractivity contribution < 1.29 is 0 Å². The molecule has 0 amide bonds. The number of halogens is 2. The summed E-state index contributed by atoms with van der Waals surface area (Å²) in [4.78, 5) is 0. The van der Waals surface area contributed by atoms with E-state index in [1.54, 1.807) is 0 Å². The summed E-state index contributed by atoms with van der Waals surface area (Å²) in [5.74, 6) is 0. The summed E-state index contributed by atoms with van der Waals surface area (Å²) in [5, 5.41) is 3.66. The normalized spacial score (nSPS) is 14.0. The van der Waals surface area contributed by atoms with Crippen LogP contribution < -0.4 is 5.32 Å². The van der Waals surface area contributed by atoms with Crippen molar-refractivity contribution >= 4 is 38.5 Å². The highest BCUT2D eigenvalue weighted by atomic mass is 127. The van der Waals surface area contributed by atoms with Crippen LogP contribution in [0.1, 0.15) is 31.0 Å². The van der Waals surface area contributed by atoms with Gasteiger partial charge in [0.2, 0.25) is 0 Å². The Bertz CT molecular complexity index is 536. The van der Waals surface area contributed by atoms with Crippen LogP contribution in [0.3, 0.4) is 0 Å². The van der Waals surface area contributed by atoms with Gasteiger partial charge in [0.05, 0.1) is 0 Å².